The first-order valence-electron chi connectivity index (χ1n) is 32.8. The van der Waals surface area contributed by atoms with Gasteiger partial charge < -0.3 is 28.5 Å². The molecule has 0 saturated carbocycles. The molecule has 0 bridgehead atoms. The Bertz CT molecular complexity index is 1400. The number of rotatable bonds is 60. The normalized spacial score (nSPS) is 13.8. The molecule has 0 aliphatic rings. The molecule has 0 spiro atoms. The van der Waals surface area contributed by atoms with E-state index < -0.39 is 20.0 Å². The number of allylic oxidation sites excluding steroid dienone is 5. The number of likely N-dealkylation sites (N-methyl/N-ethyl adjacent to an activating group) is 1. The van der Waals surface area contributed by atoms with Crippen molar-refractivity contribution in [3.8, 4) is 0 Å². The second-order valence-corrected chi connectivity index (χ2v) is 25.0. The second kappa shape index (κ2) is 56.5. The van der Waals surface area contributed by atoms with Gasteiger partial charge in [0.1, 0.15) is 19.3 Å². The first kappa shape index (κ1) is 74.2. The van der Waals surface area contributed by atoms with Crippen molar-refractivity contribution in [1.82, 2.24) is 5.32 Å². The summed E-state index contributed by atoms with van der Waals surface area (Å²) >= 11 is 0. The lowest BCUT2D eigenvalue weighted by Crippen LogP contribution is -2.47. The molecule has 76 heavy (non-hydrogen) atoms. The number of nitrogens with one attached hydrogen (secondary N) is 1. The van der Waals surface area contributed by atoms with E-state index in [-0.39, 0.29) is 31.5 Å². The Labute approximate surface area is 472 Å². The number of amides is 1. The van der Waals surface area contributed by atoms with Gasteiger partial charge in [-0.2, -0.15) is 0 Å². The Morgan fingerprint density at radius 1 is 0.447 bits per heavy atom. The molecule has 0 aromatic rings. The molecular weight excluding hydrogens is 964 g/mol. The summed E-state index contributed by atoms with van der Waals surface area (Å²) in [7, 11) is 1.19. The zero-order chi connectivity index (χ0) is 55.7. The average molecular weight is 1090 g/mol. The Morgan fingerprint density at radius 2 is 0.763 bits per heavy atom. The van der Waals surface area contributed by atoms with E-state index >= 15 is 0 Å². The number of nitrogens with zero attached hydrogens (tertiary/aromatic N) is 1. The van der Waals surface area contributed by atoms with Crippen LogP contribution >= 0.6 is 7.82 Å². The quantitative estimate of drug-likeness (QED) is 0.0212. The van der Waals surface area contributed by atoms with Gasteiger partial charge in [0.05, 0.1) is 33.8 Å². The average Bonchev–Trinajstić information content (AvgIpc) is 3.38. The number of phosphoric acid groups is 1. The Hall–Kier alpha value is -1.77. The summed E-state index contributed by atoms with van der Waals surface area (Å²) in [5.41, 5.74) is 0. The van der Waals surface area contributed by atoms with Crippen LogP contribution in [0.15, 0.2) is 36.5 Å². The number of quaternary nitrogens is 1. The minimum absolute atomic E-state index is 0.0220. The number of ether oxygens (including phenoxy) is 1. The predicted molar refractivity (Wildman–Crippen MR) is 326 cm³/mol. The molecule has 3 atom stereocenters. The van der Waals surface area contributed by atoms with E-state index in [4.69, 9.17) is 13.8 Å². The molecule has 448 valence electrons. The minimum Gasteiger partial charge on any atom is -0.756 e. The molecular formula is C66H127N2O7P. The molecule has 3 unspecified atom stereocenters. The highest BCUT2D eigenvalue weighted by Gasteiger charge is 2.27. The summed E-state index contributed by atoms with van der Waals surface area (Å²) in [5.74, 6) is -0.538. The van der Waals surface area contributed by atoms with Crippen molar-refractivity contribution < 1.29 is 37.3 Å². The Morgan fingerprint density at radius 3 is 1.12 bits per heavy atom. The summed E-state index contributed by atoms with van der Waals surface area (Å²) in [4.78, 5) is 40.0. The second-order valence-electron chi connectivity index (χ2n) is 23.6. The van der Waals surface area contributed by atoms with Crippen LogP contribution in [0.5, 0.6) is 0 Å². The smallest absolute Gasteiger partial charge is 0.306 e. The number of hydrogen-bond donors (Lipinski definition) is 1. The van der Waals surface area contributed by atoms with Crippen LogP contribution in [0.2, 0.25) is 0 Å². The highest BCUT2D eigenvalue weighted by atomic mass is 31.2. The molecule has 0 aromatic heterocycles. The Balaban J connectivity index is 5.20. The van der Waals surface area contributed by atoms with Gasteiger partial charge in [-0.15, -0.1) is 0 Å². The summed E-state index contributed by atoms with van der Waals surface area (Å²) in [6.07, 6.45) is 68.2. The van der Waals surface area contributed by atoms with E-state index in [0.717, 1.165) is 77.0 Å². The molecule has 0 aliphatic carbocycles. The van der Waals surface area contributed by atoms with Crippen LogP contribution in [0.1, 0.15) is 323 Å². The van der Waals surface area contributed by atoms with Crippen molar-refractivity contribution in [3.63, 3.8) is 0 Å². The van der Waals surface area contributed by atoms with Crippen LogP contribution < -0.4 is 10.2 Å². The molecule has 10 heteroatoms. The molecule has 0 aromatic carbocycles. The first-order valence-corrected chi connectivity index (χ1v) is 34.3. The van der Waals surface area contributed by atoms with Crippen molar-refractivity contribution in [2.75, 3.05) is 40.9 Å². The van der Waals surface area contributed by atoms with E-state index in [1.165, 1.54) is 212 Å². The molecule has 9 nitrogen and oxygen atoms in total. The van der Waals surface area contributed by atoms with Crippen molar-refractivity contribution in [2.45, 2.75) is 335 Å². The van der Waals surface area contributed by atoms with E-state index in [0.29, 0.717) is 17.4 Å². The maximum Gasteiger partial charge on any atom is 0.306 e. The SMILES string of the molecule is CCCCCCCC/C=C/CCCCCCCCCCCCCC(=O)OC(/C=C/CCCCCCCCCCCCC)C(COP(=O)([O-])OCC[N+](C)(C)C)NC(=O)CCCCCCC/C=C/CCCCCCCCC. The van der Waals surface area contributed by atoms with Gasteiger partial charge in [-0.05, 0) is 83.1 Å². The van der Waals surface area contributed by atoms with Crippen LogP contribution in [-0.2, 0) is 27.9 Å². The number of carbonyl (C=O) groups is 2. The highest BCUT2D eigenvalue weighted by Crippen LogP contribution is 2.38. The molecule has 1 amide bonds. The van der Waals surface area contributed by atoms with Crippen molar-refractivity contribution >= 4 is 19.7 Å². The number of hydrogen-bond acceptors (Lipinski definition) is 7. The highest BCUT2D eigenvalue weighted by molar-refractivity contribution is 7.45. The summed E-state index contributed by atoms with van der Waals surface area (Å²) in [5, 5.41) is 3.03. The zero-order valence-electron chi connectivity index (χ0n) is 51.2. The van der Waals surface area contributed by atoms with Gasteiger partial charge in [0.2, 0.25) is 5.91 Å². The first-order chi connectivity index (χ1) is 36.9. The molecule has 0 heterocycles. The van der Waals surface area contributed by atoms with Crippen LogP contribution in [-0.4, -0.2) is 69.4 Å². The third kappa shape index (κ3) is 56.9. The molecule has 1 N–H and O–H groups in total. The lowest BCUT2D eigenvalue weighted by Gasteiger charge is -2.30. The van der Waals surface area contributed by atoms with Gasteiger partial charge in [0.15, 0.2) is 0 Å². The third-order valence-corrected chi connectivity index (χ3v) is 15.8. The fourth-order valence-corrected chi connectivity index (χ4v) is 10.4. The zero-order valence-corrected chi connectivity index (χ0v) is 52.1. The van der Waals surface area contributed by atoms with Crippen LogP contribution in [0.4, 0.5) is 0 Å². The molecule has 0 aliphatic heterocycles. The fraction of sp³-hybridized carbons (Fsp3) is 0.879. The van der Waals surface area contributed by atoms with E-state index in [1.807, 2.05) is 33.3 Å². The fourth-order valence-electron chi connectivity index (χ4n) is 9.69. The van der Waals surface area contributed by atoms with Crippen molar-refractivity contribution in [1.29, 1.82) is 0 Å². The van der Waals surface area contributed by atoms with Crippen LogP contribution in [0.3, 0.4) is 0 Å². The van der Waals surface area contributed by atoms with E-state index in [1.54, 1.807) is 0 Å². The van der Waals surface area contributed by atoms with Crippen LogP contribution in [0.25, 0.3) is 0 Å². The number of carbonyl (C=O) groups excluding carboxylic acids is 2. The summed E-state index contributed by atoms with van der Waals surface area (Å²) in [6, 6.07) is -0.890. The van der Waals surface area contributed by atoms with Gasteiger partial charge in [-0.25, -0.2) is 0 Å². The van der Waals surface area contributed by atoms with E-state index in [2.05, 4.69) is 50.4 Å². The minimum atomic E-state index is -4.70. The van der Waals surface area contributed by atoms with Gasteiger partial charge in [-0.1, -0.05) is 263 Å². The third-order valence-electron chi connectivity index (χ3n) is 14.8. The standard InChI is InChI=1S/C66H127N2O7P/c1-7-10-13-16-19-22-25-28-30-32-33-34-35-36-38-41-44-47-50-53-56-59-66(70)75-64(57-54-51-48-45-42-39-27-24-21-18-15-12-9-3)63(62-74-76(71,72)73-61-60-68(4,5)6)67-65(69)58-55-52-49-46-43-40-37-31-29-26-23-20-17-14-11-8-2/h28,30-31,37,54,57,63-64H,7-27,29,32-36,38-53,55-56,58-62H2,1-6H3,(H-,67,69,71,72)/b30-28+,37-31+,57-54+. The van der Waals surface area contributed by atoms with Gasteiger partial charge in [-0.3, -0.25) is 14.2 Å². The number of unbranched alkanes of at least 4 members (excludes halogenated alkanes) is 40. The molecule has 0 radical (unpaired) electrons. The number of phosphoric ester groups is 1. The Kier molecular flexibility index (Phi) is 55.2. The van der Waals surface area contributed by atoms with E-state index in [9.17, 15) is 19.0 Å². The maximum absolute atomic E-state index is 13.5. The monoisotopic (exact) mass is 1090 g/mol. The topological polar surface area (TPSA) is 114 Å². The summed E-state index contributed by atoms with van der Waals surface area (Å²) in [6.45, 7) is 6.87. The lowest BCUT2D eigenvalue weighted by atomic mass is 10.0. The summed E-state index contributed by atoms with van der Waals surface area (Å²) < 4.78 is 30.4. The van der Waals surface area contributed by atoms with Crippen molar-refractivity contribution in [3.05, 3.63) is 36.5 Å². The molecule has 0 rings (SSSR count). The maximum atomic E-state index is 13.5. The van der Waals surface area contributed by atoms with Gasteiger partial charge in [0, 0.05) is 12.8 Å². The molecule has 0 saturated heterocycles. The van der Waals surface area contributed by atoms with Crippen molar-refractivity contribution in [2.24, 2.45) is 0 Å². The molecule has 0 fully saturated rings. The van der Waals surface area contributed by atoms with Gasteiger partial charge in [0.25, 0.3) is 7.82 Å². The van der Waals surface area contributed by atoms with Gasteiger partial charge >= 0.3 is 5.97 Å². The number of esters is 1. The lowest BCUT2D eigenvalue weighted by molar-refractivity contribution is -0.870. The predicted octanol–water partition coefficient (Wildman–Crippen LogP) is 19.7. The van der Waals surface area contributed by atoms with Crippen LogP contribution in [0, 0.1) is 0 Å². The largest absolute Gasteiger partial charge is 0.756 e.